The molecule has 0 N–H and O–H groups in total. The summed E-state index contributed by atoms with van der Waals surface area (Å²) in [5, 5.41) is 0. The van der Waals surface area contributed by atoms with E-state index in [0.717, 1.165) is 11.3 Å². The van der Waals surface area contributed by atoms with Gasteiger partial charge in [0, 0.05) is 5.56 Å². The van der Waals surface area contributed by atoms with E-state index in [-0.39, 0.29) is 5.97 Å². The maximum absolute atomic E-state index is 11.7. The highest BCUT2D eigenvalue weighted by molar-refractivity contribution is 5.85. The first-order valence-electron chi connectivity index (χ1n) is 5.60. The zero-order chi connectivity index (χ0) is 12.5. The second kappa shape index (κ2) is 4.24. The fraction of sp³-hybridized carbons (Fsp3) is 0.357. The Kier molecular flexibility index (Phi) is 2.92. The predicted octanol–water partition coefficient (Wildman–Crippen LogP) is 3.01. The average Bonchev–Trinajstić information content (AvgIpc) is 2.33. The van der Waals surface area contributed by atoms with Crippen molar-refractivity contribution in [2.45, 2.75) is 20.3 Å². The van der Waals surface area contributed by atoms with Crippen LogP contribution in [0.25, 0.3) is 5.76 Å². The number of hydrogen-bond acceptors (Lipinski definition) is 3. The van der Waals surface area contributed by atoms with Crippen LogP contribution >= 0.6 is 0 Å². The number of hydrogen-bond donors (Lipinski definition) is 0. The van der Waals surface area contributed by atoms with Gasteiger partial charge in [-0.15, -0.1) is 0 Å². The average molecular weight is 232 g/mol. The third-order valence-electron chi connectivity index (χ3n) is 2.93. The van der Waals surface area contributed by atoms with Crippen LogP contribution in [0.1, 0.15) is 25.8 Å². The molecule has 0 saturated heterocycles. The van der Waals surface area contributed by atoms with Crippen LogP contribution < -0.4 is 4.74 Å². The minimum Gasteiger partial charge on any atom is -0.497 e. The van der Waals surface area contributed by atoms with Crippen LogP contribution in [-0.2, 0) is 9.53 Å². The molecule has 1 aromatic rings. The van der Waals surface area contributed by atoms with Gasteiger partial charge in [-0.25, -0.2) is 0 Å². The Labute approximate surface area is 101 Å². The van der Waals surface area contributed by atoms with Crippen LogP contribution in [0.3, 0.4) is 0 Å². The van der Waals surface area contributed by atoms with Gasteiger partial charge in [0.1, 0.15) is 11.5 Å². The highest BCUT2D eigenvalue weighted by atomic mass is 16.5. The summed E-state index contributed by atoms with van der Waals surface area (Å²) in [7, 11) is 1.62. The highest BCUT2D eigenvalue weighted by Gasteiger charge is 2.33. The van der Waals surface area contributed by atoms with E-state index >= 15 is 0 Å². The Hall–Kier alpha value is -1.77. The summed E-state index contributed by atoms with van der Waals surface area (Å²) < 4.78 is 10.4. The van der Waals surface area contributed by atoms with Crippen LogP contribution in [0.4, 0.5) is 0 Å². The van der Waals surface area contributed by atoms with Crippen LogP contribution in [0.5, 0.6) is 5.75 Å². The van der Waals surface area contributed by atoms with Gasteiger partial charge in [-0.2, -0.15) is 0 Å². The molecule has 2 rings (SSSR count). The molecule has 3 nitrogen and oxygen atoms in total. The molecule has 0 radical (unpaired) electrons. The van der Waals surface area contributed by atoms with E-state index < -0.39 is 5.41 Å². The number of rotatable bonds is 2. The molecule has 0 unspecified atom stereocenters. The van der Waals surface area contributed by atoms with Crippen LogP contribution in [0.2, 0.25) is 0 Å². The maximum atomic E-state index is 11.7. The lowest BCUT2D eigenvalue weighted by atomic mass is 9.87. The van der Waals surface area contributed by atoms with Crippen molar-refractivity contribution in [1.29, 1.82) is 0 Å². The molecule has 90 valence electrons. The molecule has 0 saturated carbocycles. The summed E-state index contributed by atoms with van der Waals surface area (Å²) in [6.07, 6.45) is 2.66. The lowest BCUT2D eigenvalue weighted by Crippen LogP contribution is -2.28. The zero-order valence-electron chi connectivity index (χ0n) is 10.3. The first-order chi connectivity index (χ1) is 8.03. The third kappa shape index (κ3) is 2.33. The van der Waals surface area contributed by atoms with Crippen LogP contribution in [-0.4, -0.2) is 13.1 Å². The van der Waals surface area contributed by atoms with Gasteiger partial charge in [0.2, 0.25) is 0 Å². The molecule has 17 heavy (non-hydrogen) atoms. The van der Waals surface area contributed by atoms with Crippen molar-refractivity contribution in [3.05, 3.63) is 35.9 Å². The van der Waals surface area contributed by atoms with Gasteiger partial charge in [-0.3, -0.25) is 4.79 Å². The summed E-state index contributed by atoms with van der Waals surface area (Å²) in [5.74, 6) is 1.25. The van der Waals surface area contributed by atoms with Gasteiger partial charge in [0.05, 0.1) is 12.5 Å². The molecule has 0 spiro atoms. The van der Waals surface area contributed by atoms with E-state index in [9.17, 15) is 4.79 Å². The van der Waals surface area contributed by atoms with E-state index in [2.05, 4.69) is 0 Å². The van der Waals surface area contributed by atoms with Gasteiger partial charge in [-0.1, -0.05) is 0 Å². The summed E-state index contributed by atoms with van der Waals surface area (Å²) in [6, 6.07) is 7.47. The van der Waals surface area contributed by atoms with Crippen molar-refractivity contribution >= 4 is 11.7 Å². The highest BCUT2D eigenvalue weighted by Crippen LogP contribution is 2.33. The number of ether oxygens (including phenoxy) is 2. The Bertz CT molecular complexity index is 455. The van der Waals surface area contributed by atoms with E-state index in [0.29, 0.717) is 12.2 Å². The molecule has 3 heteroatoms. The third-order valence-corrected chi connectivity index (χ3v) is 2.93. The Morgan fingerprint density at radius 1 is 1.24 bits per heavy atom. The molecular weight excluding hydrogens is 216 g/mol. The topological polar surface area (TPSA) is 35.5 Å². The van der Waals surface area contributed by atoms with Gasteiger partial charge in [0.15, 0.2) is 0 Å². The Balaban J connectivity index is 2.24. The van der Waals surface area contributed by atoms with Gasteiger partial charge in [-0.05, 0) is 50.6 Å². The number of benzene rings is 1. The Morgan fingerprint density at radius 3 is 2.41 bits per heavy atom. The van der Waals surface area contributed by atoms with Crippen molar-refractivity contribution in [2.24, 2.45) is 5.41 Å². The van der Waals surface area contributed by atoms with E-state index in [4.69, 9.17) is 9.47 Å². The minimum absolute atomic E-state index is 0.175. The summed E-state index contributed by atoms with van der Waals surface area (Å²) in [5.41, 5.74) is 0.477. The van der Waals surface area contributed by atoms with Crippen molar-refractivity contribution < 1.29 is 14.3 Å². The number of methoxy groups -OCH3 is 1. The number of carbonyl (C=O) groups is 1. The summed E-state index contributed by atoms with van der Waals surface area (Å²) in [6.45, 7) is 3.77. The number of carbonyl (C=O) groups excluding carboxylic acids is 1. The molecule has 0 aliphatic carbocycles. The molecule has 0 bridgehead atoms. The molecule has 1 aliphatic rings. The first-order valence-corrected chi connectivity index (χ1v) is 5.60. The van der Waals surface area contributed by atoms with Gasteiger partial charge >= 0.3 is 5.97 Å². The lowest BCUT2D eigenvalue weighted by Gasteiger charge is -2.26. The monoisotopic (exact) mass is 232 g/mol. The zero-order valence-corrected chi connectivity index (χ0v) is 10.3. The van der Waals surface area contributed by atoms with E-state index in [1.165, 1.54) is 0 Å². The SMILES string of the molecule is COc1ccc(C2=CCC(C)(C)C(=O)O2)cc1. The van der Waals surface area contributed by atoms with Gasteiger partial charge in [0.25, 0.3) is 0 Å². The van der Waals surface area contributed by atoms with Crippen LogP contribution in [0.15, 0.2) is 30.3 Å². The fourth-order valence-electron chi connectivity index (χ4n) is 1.64. The second-order valence-electron chi connectivity index (χ2n) is 4.77. The summed E-state index contributed by atoms with van der Waals surface area (Å²) >= 11 is 0. The quantitative estimate of drug-likeness (QED) is 0.735. The smallest absolute Gasteiger partial charge is 0.317 e. The normalized spacial score (nSPS) is 18.3. The first kappa shape index (κ1) is 11.7. The standard InChI is InChI=1S/C14H16O3/c1-14(2)9-8-12(17-13(14)15)10-4-6-11(16-3)7-5-10/h4-8H,9H2,1-3H3. The van der Waals surface area contributed by atoms with Crippen molar-refractivity contribution in [3.8, 4) is 5.75 Å². The van der Waals surface area contributed by atoms with Crippen molar-refractivity contribution in [2.75, 3.05) is 7.11 Å². The van der Waals surface area contributed by atoms with E-state index in [1.807, 2.05) is 44.2 Å². The van der Waals surface area contributed by atoms with E-state index in [1.54, 1.807) is 7.11 Å². The molecular formula is C14H16O3. The lowest BCUT2D eigenvalue weighted by molar-refractivity contribution is -0.147. The predicted molar refractivity (Wildman–Crippen MR) is 65.5 cm³/mol. The largest absolute Gasteiger partial charge is 0.497 e. The molecule has 0 amide bonds. The molecule has 0 aromatic heterocycles. The van der Waals surface area contributed by atoms with Gasteiger partial charge < -0.3 is 9.47 Å². The maximum Gasteiger partial charge on any atom is 0.317 e. The van der Waals surface area contributed by atoms with Crippen molar-refractivity contribution in [3.63, 3.8) is 0 Å². The number of cyclic esters (lactones) is 1. The van der Waals surface area contributed by atoms with Crippen molar-refractivity contribution in [1.82, 2.24) is 0 Å². The Morgan fingerprint density at radius 2 is 1.88 bits per heavy atom. The minimum atomic E-state index is -0.421. The number of allylic oxidation sites excluding steroid dienone is 1. The molecule has 1 aliphatic heterocycles. The molecule has 1 aromatic carbocycles. The second-order valence-corrected chi connectivity index (χ2v) is 4.77. The molecule has 0 atom stereocenters. The fourth-order valence-corrected chi connectivity index (χ4v) is 1.64. The molecule has 1 heterocycles. The summed E-state index contributed by atoms with van der Waals surface area (Å²) in [4.78, 5) is 11.7. The number of esters is 1. The van der Waals surface area contributed by atoms with Crippen LogP contribution in [0, 0.1) is 5.41 Å². The molecule has 0 fully saturated rings.